The summed E-state index contributed by atoms with van der Waals surface area (Å²) in [7, 11) is 0. The molecule has 4 unspecified atom stereocenters. The zero-order chi connectivity index (χ0) is 14.6. The fourth-order valence-electron chi connectivity index (χ4n) is 4.66. The number of aliphatic hydroxyl groups excluding tert-OH is 1. The van der Waals surface area contributed by atoms with E-state index < -0.39 is 0 Å². The minimum Gasteiger partial charge on any atom is -0.394 e. The third-order valence-corrected chi connectivity index (χ3v) is 5.43. The van der Waals surface area contributed by atoms with Gasteiger partial charge >= 0.3 is 0 Å². The predicted molar refractivity (Wildman–Crippen MR) is 79.2 cm³/mol. The van der Waals surface area contributed by atoms with Crippen LogP contribution in [-0.2, 0) is 11.2 Å². The van der Waals surface area contributed by atoms with Crippen LogP contribution < -0.4 is 0 Å². The Labute approximate surface area is 125 Å². The summed E-state index contributed by atoms with van der Waals surface area (Å²) in [5, 5.41) is 14.1. The molecular weight excluding hydrogens is 264 g/mol. The van der Waals surface area contributed by atoms with Crippen molar-refractivity contribution in [3.8, 4) is 0 Å². The van der Waals surface area contributed by atoms with Crippen molar-refractivity contribution in [1.29, 1.82) is 0 Å². The average Bonchev–Trinajstić information content (AvgIpc) is 3.09. The molecule has 1 amide bonds. The summed E-state index contributed by atoms with van der Waals surface area (Å²) >= 11 is 0. The highest BCUT2D eigenvalue weighted by molar-refractivity contribution is 5.79. The molecular formula is C17H22N2O2. The van der Waals surface area contributed by atoms with Gasteiger partial charge in [-0.3, -0.25) is 9.80 Å². The van der Waals surface area contributed by atoms with Gasteiger partial charge < -0.3 is 5.11 Å². The monoisotopic (exact) mass is 286 g/mol. The lowest BCUT2D eigenvalue weighted by Crippen LogP contribution is -2.43. The Bertz CT molecular complexity index is 574. The number of carbonyl (C=O) groups is 1. The SMILES string of the molecule is CCCC1CC(=O)N2C(CO)C3Cc4ccccc4C3N12. The standard InChI is InChI=1S/C17H22N2O2/c1-2-5-12-9-16(21)19-15(10-20)14-8-11-6-3-4-7-13(11)17(14)18(12)19/h3-4,6-7,12,14-15,17,20H,2,5,8-10H2,1H3. The molecule has 4 rings (SSSR count). The molecule has 0 aromatic heterocycles. The summed E-state index contributed by atoms with van der Waals surface area (Å²) < 4.78 is 0. The molecule has 2 fully saturated rings. The molecule has 1 aromatic rings. The molecule has 0 saturated carbocycles. The summed E-state index contributed by atoms with van der Waals surface area (Å²) in [5.74, 6) is 0.537. The number of hydrogen-bond donors (Lipinski definition) is 1. The van der Waals surface area contributed by atoms with E-state index in [1.807, 2.05) is 5.01 Å². The molecule has 4 atom stereocenters. The lowest BCUT2D eigenvalue weighted by molar-refractivity contribution is -0.141. The smallest absolute Gasteiger partial charge is 0.238 e. The first-order valence-corrected chi connectivity index (χ1v) is 8.05. The second kappa shape index (κ2) is 4.82. The first-order valence-electron chi connectivity index (χ1n) is 8.05. The molecule has 4 nitrogen and oxygen atoms in total. The van der Waals surface area contributed by atoms with E-state index in [1.165, 1.54) is 11.1 Å². The van der Waals surface area contributed by atoms with Crippen molar-refractivity contribution >= 4 is 5.91 Å². The zero-order valence-electron chi connectivity index (χ0n) is 12.4. The third-order valence-electron chi connectivity index (χ3n) is 5.43. The van der Waals surface area contributed by atoms with E-state index in [1.54, 1.807) is 0 Å². The molecule has 1 N–H and O–H groups in total. The maximum atomic E-state index is 12.4. The fraction of sp³-hybridized carbons (Fsp3) is 0.588. The molecule has 21 heavy (non-hydrogen) atoms. The van der Waals surface area contributed by atoms with Gasteiger partial charge in [-0.05, 0) is 24.0 Å². The second-order valence-corrected chi connectivity index (χ2v) is 6.53. The van der Waals surface area contributed by atoms with Gasteiger partial charge in [0.05, 0.1) is 18.7 Å². The quantitative estimate of drug-likeness (QED) is 0.923. The van der Waals surface area contributed by atoms with Crippen LogP contribution in [0.15, 0.2) is 24.3 Å². The Morgan fingerprint density at radius 1 is 1.29 bits per heavy atom. The van der Waals surface area contributed by atoms with E-state index in [0.29, 0.717) is 18.4 Å². The van der Waals surface area contributed by atoms with Crippen molar-refractivity contribution in [3.63, 3.8) is 0 Å². The van der Waals surface area contributed by atoms with Crippen LogP contribution in [0.4, 0.5) is 0 Å². The molecule has 112 valence electrons. The molecule has 2 heterocycles. The number of fused-ring (bicyclic) bond motifs is 5. The lowest BCUT2D eigenvalue weighted by atomic mass is 9.93. The minimum atomic E-state index is -0.0447. The predicted octanol–water partition coefficient (Wildman–Crippen LogP) is 1.89. The number of amides is 1. The minimum absolute atomic E-state index is 0.0447. The van der Waals surface area contributed by atoms with Crippen molar-refractivity contribution in [1.82, 2.24) is 10.0 Å². The van der Waals surface area contributed by atoms with Gasteiger partial charge in [-0.25, -0.2) is 5.01 Å². The van der Waals surface area contributed by atoms with Crippen LogP contribution in [0.1, 0.15) is 43.4 Å². The normalized spacial score (nSPS) is 34.2. The van der Waals surface area contributed by atoms with E-state index in [2.05, 4.69) is 36.2 Å². The lowest BCUT2D eigenvalue weighted by Gasteiger charge is -2.31. The fourth-order valence-corrected chi connectivity index (χ4v) is 4.66. The number of hydrogen-bond acceptors (Lipinski definition) is 3. The van der Waals surface area contributed by atoms with Crippen LogP contribution >= 0.6 is 0 Å². The molecule has 1 aromatic carbocycles. The molecule has 0 radical (unpaired) electrons. The van der Waals surface area contributed by atoms with Crippen LogP contribution in [-0.4, -0.2) is 39.7 Å². The Morgan fingerprint density at radius 3 is 2.86 bits per heavy atom. The van der Waals surface area contributed by atoms with Gasteiger partial charge in [-0.15, -0.1) is 0 Å². The first-order chi connectivity index (χ1) is 10.3. The highest BCUT2D eigenvalue weighted by Gasteiger charge is 2.58. The van der Waals surface area contributed by atoms with Crippen molar-refractivity contribution in [2.45, 2.75) is 50.7 Å². The van der Waals surface area contributed by atoms with E-state index in [4.69, 9.17) is 0 Å². The van der Waals surface area contributed by atoms with Crippen LogP contribution in [0, 0.1) is 5.92 Å². The average molecular weight is 286 g/mol. The van der Waals surface area contributed by atoms with Gasteiger partial charge in [0.2, 0.25) is 5.91 Å². The van der Waals surface area contributed by atoms with Crippen LogP contribution in [0.3, 0.4) is 0 Å². The van der Waals surface area contributed by atoms with Gasteiger partial charge in [0.15, 0.2) is 0 Å². The molecule has 0 spiro atoms. The van der Waals surface area contributed by atoms with Crippen LogP contribution in [0.2, 0.25) is 0 Å². The summed E-state index contributed by atoms with van der Waals surface area (Å²) in [5.41, 5.74) is 2.75. The molecule has 3 aliphatic rings. The third kappa shape index (κ3) is 1.72. The van der Waals surface area contributed by atoms with Gasteiger partial charge in [0.1, 0.15) is 0 Å². The van der Waals surface area contributed by atoms with Crippen LogP contribution in [0.5, 0.6) is 0 Å². The number of carbonyl (C=O) groups excluding carboxylic acids is 1. The number of hydrazine groups is 1. The van der Waals surface area contributed by atoms with E-state index in [-0.39, 0.29) is 24.6 Å². The topological polar surface area (TPSA) is 43.8 Å². The van der Waals surface area contributed by atoms with Gasteiger partial charge in [0.25, 0.3) is 0 Å². The Balaban J connectivity index is 1.78. The van der Waals surface area contributed by atoms with Gasteiger partial charge in [-0.1, -0.05) is 37.6 Å². The first kappa shape index (κ1) is 13.3. The Morgan fingerprint density at radius 2 is 2.10 bits per heavy atom. The summed E-state index contributed by atoms with van der Waals surface area (Å²) in [6.45, 7) is 2.24. The largest absolute Gasteiger partial charge is 0.394 e. The maximum absolute atomic E-state index is 12.4. The van der Waals surface area contributed by atoms with Crippen LogP contribution in [0.25, 0.3) is 0 Å². The number of rotatable bonds is 3. The van der Waals surface area contributed by atoms with Crippen molar-refractivity contribution < 1.29 is 9.90 Å². The number of nitrogens with zero attached hydrogens (tertiary/aromatic N) is 2. The summed E-state index contributed by atoms with van der Waals surface area (Å²) in [6, 6.07) is 9.10. The molecule has 2 saturated heterocycles. The highest BCUT2D eigenvalue weighted by Crippen LogP contribution is 2.52. The number of benzene rings is 1. The van der Waals surface area contributed by atoms with E-state index in [0.717, 1.165) is 19.3 Å². The maximum Gasteiger partial charge on any atom is 0.238 e. The van der Waals surface area contributed by atoms with Crippen molar-refractivity contribution in [3.05, 3.63) is 35.4 Å². The van der Waals surface area contributed by atoms with Gasteiger partial charge in [0, 0.05) is 18.4 Å². The van der Waals surface area contributed by atoms with Crippen molar-refractivity contribution in [2.24, 2.45) is 5.92 Å². The number of aliphatic hydroxyl groups is 1. The van der Waals surface area contributed by atoms with Gasteiger partial charge in [-0.2, -0.15) is 0 Å². The molecule has 2 aliphatic heterocycles. The second-order valence-electron chi connectivity index (χ2n) is 6.53. The van der Waals surface area contributed by atoms with E-state index in [9.17, 15) is 9.90 Å². The zero-order valence-corrected chi connectivity index (χ0v) is 12.4. The summed E-state index contributed by atoms with van der Waals surface area (Å²) in [4.78, 5) is 12.4. The van der Waals surface area contributed by atoms with Crippen molar-refractivity contribution in [2.75, 3.05) is 6.61 Å². The molecule has 4 heteroatoms. The Kier molecular flexibility index (Phi) is 3.05. The summed E-state index contributed by atoms with van der Waals surface area (Å²) in [6.07, 6.45) is 3.72. The Hall–Kier alpha value is -1.39. The molecule has 0 bridgehead atoms. The molecule has 1 aliphatic carbocycles. The van der Waals surface area contributed by atoms with E-state index >= 15 is 0 Å². The highest BCUT2D eigenvalue weighted by atomic mass is 16.3.